The molecule has 3 aromatic rings. The highest BCUT2D eigenvalue weighted by Crippen LogP contribution is 2.12. The van der Waals surface area contributed by atoms with Gasteiger partial charge in [0.1, 0.15) is 0 Å². The van der Waals surface area contributed by atoms with Crippen LogP contribution in [0.15, 0.2) is 59.6 Å². The third-order valence-corrected chi connectivity index (χ3v) is 5.23. The van der Waals surface area contributed by atoms with Crippen molar-refractivity contribution in [3.8, 4) is 0 Å². The molecule has 0 spiro atoms. The highest BCUT2D eigenvalue weighted by molar-refractivity contribution is 14.0. The predicted octanol–water partition coefficient (Wildman–Crippen LogP) is 4.63. The molecular formula is C25H34IN5O. The van der Waals surface area contributed by atoms with E-state index in [1.807, 2.05) is 36.9 Å². The van der Waals surface area contributed by atoms with E-state index in [9.17, 15) is 0 Å². The second-order valence-corrected chi connectivity index (χ2v) is 7.62. The smallest absolute Gasteiger partial charge is 0.191 e. The van der Waals surface area contributed by atoms with Gasteiger partial charge in [-0.1, -0.05) is 54.6 Å². The first-order chi connectivity index (χ1) is 15.1. The van der Waals surface area contributed by atoms with Gasteiger partial charge >= 0.3 is 0 Å². The van der Waals surface area contributed by atoms with E-state index in [4.69, 9.17) is 9.73 Å². The van der Waals surface area contributed by atoms with Gasteiger partial charge in [0.15, 0.2) is 5.96 Å². The molecule has 0 saturated heterocycles. The van der Waals surface area contributed by atoms with Gasteiger partial charge in [-0.3, -0.25) is 4.68 Å². The molecule has 3 rings (SSSR count). The normalized spacial score (nSPS) is 11.2. The third-order valence-electron chi connectivity index (χ3n) is 5.23. The van der Waals surface area contributed by atoms with Crippen LogP contribution in [0.25, 0.3) is 0 Å². The van der Waals surface area contributed by atoms with Gasteiger partial charge in [0.25, 0.3) is 0 Å². The first-order valence-electron chi connectivity index (χ1n) is 10.8. The molecule has 2 N–H and O–H groups in total. The van der Waals surface area contributed by atoms with E-state index >= 15 is 0 Å². The van der Waals surface area contributed by atoms with Gasteiger partial charge in [-0.2, -0.15) is 5.10 Å². The molecule has 6 nitrogen and oxygen atoms in total. The van der Waals surface area contributed by atoms with Crippen LogP contribution in [0.5, 0.6) is 0 Å². The number of nitrogens with zero attached hydrogens (tertiary/aromatic N) is 3. The zero-order chi connectivity index (χ0) is 22.1. The largest absolute Gasteiger partial charge is 0.372 e. The van der Waals surface area contributed by atoms with Crippen molar-refractivity contribution >= 4 is 29.9 Å². The lowest BCUT2D eigenvalue weighted by Gasteiger charge is -2.12. The quantitative estimate of drug-likeness (QED) is 0.233. The Labute approximate surface area is 208 Å². The van der Waals surface area contributed by atoms with E-state index in [1.165, 1.54) is 16.8 Å². The van der Waals surface area contributed by atoms with Crippen LogP contribution in [-0.2, 0) is 38.1 Å². The van der Waals surface area contributed by atoms with Crippen molar-refractivity contribution in [3.05, 3.63) is 88.2 Å². The average molecular weight is 547 g/mol. The maximum Gasteiger partial charge on any atom is 0.191 e. The number of halogens is 1. The number of nitrogens with one attached hydrogen (secondary N) is 2. The number of guanidine groups is 1. The first kappa shape index (κ1) is 25.9. The van der Waals surface area contributed by atoms with Crippen LogP contribution in [0.3, 0.4) is 0 Å². The summed E-state index contributed by atoms with van der Waals surface area (Å²) in [7, 11) is 1.97. The molecule has 0 unspecified atom stereocenters. The minimum atomic E-state index is 0. The monoisotopic (exact) mass is 547 g/mol. The maximum absolute atomic E-state index is 5.87. The van der Waals surface area contributed by atoms with Gasteiger partial charge in [-0.15, -0.1) is 24.0 Å². The van der Waals surface area contributed by atoms with Gasteiger partial charge in [-0.05, 0) is 37.5 Å². The van der Waals surface area contributed by atoms with E-state index < -0.39 is 0 Å². The number of aromatic nitrogens is 2. The summed E-state index contributed by atoms with van der Waals surface area (Å²) >= 11 is 0. The summed E-state index contributed by atoms with van der Waals surface area (Å²) in [4.78, 5) is 4.76. The summed E-state index contributed by atoms with van der Waals surface area (Å²) < 4.78 is 7.79. The molecule has 0 aliphatic heterocycles. The van der Waals surface area contributed by atoms with Gasteiger partial charge in [0.05, 0.1) is 25.5 Å². The van der Waals surface area contributed by atoms with E-state index in [1.54, 1.807) is 0 Å². The summed E-state index contributed by atoms with van der Waals surface area (Å²) in [6.07, 6.45) is 0. The molecule has 0 bridgehead atoms. The SMILES string of the molecule is CCNC(=NCc1cccc(COCc2ccccc2)c1)NCc1c(C)nn(C)c1C.I. The molecular weight excluding hydrogens is 513 g/mol. The van der Waals surface area contributed by atoms with Crippen molar-refractivity contribution in [3.63, 3.8) is 0 Å². The molecule has 0 aliphatic rings. The Kier molecular flexibility index (Phi) is 10.7. The molecule has 1 heterocycles. The third kappa shape index (κ3) is 7.63. The number of hydrogen-bond acceptors (Lipinski definition) is 3. The number of hydrogen-bond donors (Lipinski definition) is 2. The molecule has 32 heavy (non-hydrogen) atoms. The van der Waals surface area contributed by atoms with Gasteiger partial charge < -0.3 is 15.4 Å². The number of aliphatic imine (C=N–C) groups is 1. The molecule has 7 heteroatoms. The lowest BCUT2D eigenvalue weighted by Crippen LogP contribution is -2.37. The van der Waals surface area contributed by atoms with Crippen molar-refractivity contribution in [1.29, 1.82) is 0 Å². The van der Waals surface area contributed by atoms with Crippen LogP contribution in [0, 0.1) is 13.8 Å². The molecule has 0 saturated carbocycles. The number of benzene rings is 2. The van der Waals surface area contributed by atoms with E-state index in [2.05, 4.69) is 66.0 Å². The Hall–Kier alpha value is -2.39. The zero-order valence-electron chi connectivity index (χ0n) is 19.4. The van der Waals surface area contributed by atoms with Gasteiger partial charge in [-0.25, -0.2) is 4.99 Å². The minimum absolute atomic E-state index is 0. The van der Waals surface area contributed by atoms with Crippen LogP contribution >= 0.6 is 24.0 Å². The fourth-order valence-electron chi connectivity index (χ4n) is 3.44. The minimum Gasteiger partial charge on any atom is -0.372 e. The van der Waals surface area contributed by atoms with Crippen molar-refractivity contribution in [2.75, 3.05) is 6.54 Å². The van der Waals surface area contributed by atoms with E-state index in [0.29, 0.717) is 26.3 Å². The van der Waals surface area contributed by atoms with Crippen LogP contribution < -0.4 is 10.6 Å². The Balaban J connectivity index is 0.00000363. The van der Waals surface area contributed by atoms with Crippen molar-refractivity contribution in [2.45, 2.75) is 47.1 Å². The van der Waals surface area contributed by atoms with Gasteiger partial charge in [0.2, 0.25) is 0 Å². The van der Waals surface area contributed by atoms with Gasteiger partial charge in [0, 0.05) is 31.4 Å². The molecule has 1 aromatic heterocycles. The molecule has 172 valence electrons. The Morgan fingerprint density at radius 3 is 2.34 bits per heavy atom. The highest BCUT2D eigenvalue weighted by atomic mass is 127. The summed E-state index contributed by atoms with van der Waals surface area (Å²) in [5.74, 6) is 0.802. The predicted molar refractivity (Wildman–Crippen MR) is 141 cm³/mol. The van der Waals surface area contributed by atoms with Crippen molar-refractivity contribution in [2.24, 2.45) is 12.0 Å². The van der Waals surface area contributed by atoms with E-state index in [-0.39, 0.29) is 24.0 Å². The lowest BCUT2D eigenvalue weighted by atomic mass is 10.1. The second kappa shape index (κ2) is 13.2. The van der Waals surface area contributed by atoms with Crippen LogP contribution in [-0.4, -0.2) is 22.3 Å². The highest BCUT2D eigenvalue weighted by Gasteiger charge is 2.09. The first-order valence-corrected chi connectivity index (χ1v) is 10.8. The average Bonchev–Trinajstić information content (AvgIpc) is 3.02. The standard InChI is InChI=1S/C25H33N5O.HI/c1-5-26-25(28-16-24-19(2)29-30(4)20(24)3)27-15-22-12-9-13-23(14-22)18-31-17-21-10-7-6-8-11-21;/h6-14H,5,15-18H2,1-4H3,(H2,26,27,28);1H. The summed E-state index contributed by atoms with van der Waals surface area (Å²) in [5.41, 5.74) is 6.93. The van der Waals surface area contributed by atoms with Crippen molar-refractivity contribution in [1.82, 2.24) is 20.4 Å². The number of ether oxygens (including phenoxy) is 1. The fraction of sp³-hybridized carbons (Fsp3) is 0.360. The maximum atomic E-state index is 5.87. The Bertz CT molecular complexity index is 1000. The lowest BCUT2D eigenvalue weighted by molar-refractivity contribution is 0.107. The van der Waals surface area contributed by atoms with Crippen LogP contribution in [0.2, 0.25) is 0 Å². The zero-order valence-corrected chi connectivity index (χ0v) is 21.7. The van der Waals surface area contributed by atoms with Crippen molar-refractivity contribution < 1.29 is 4.74 Å². The summed E-state index contributed by atoms with van der Waals surface area (Å²) in [6, 6.07) is 18.7. The molecule has 0 radical (unpaired) electrons. The Morgan fingerprint density at radius 1 is 0.969 bits per heavy atom. The molecule has 0 fully saturated rings. The van der Waals surface area contributed by atoms with E-state index in [0.717, 1.165) is 29.3 Å². The molecule has 0 atom stereocenters. The van der Waals surface area contributed by atoms with Crippen LogP contribution in [0.4, 0.5) is 0 Å². The molecule has 0 amide bonds. The number of rotatable bonds is 9. The summed E-state index contributed by atoms with van der Waals surface area (Å²) in [5, 5.41) is 11.2. The number of aryl methyl sites for hydroxylation is 2. The topological polar surface area (TPSA) is 63.5 Å². The second-order valence-electron chi connectivity index (χ2n) is 7.62. The fourth-order valence-corrected chi connectivity index (χ4v) is 3.44. The Morgan fingerprint density at radius 2 is 1.66 bits per heavy atom. The molecule has 2 aromatic carbocycles. The summed E-state index contributed by atoms with van der Waals surface area (Å²) in [6.45, 7) is 9.52. The molecule has 0 aliphatic carbocycles. The van der Waals surface area contributed by atoms with Crippen LogP contribution in [0.1, 0.15) is 40.6 Å².